The SMILES string of the molecule is O=C(NC1CCCC(C(=O)O)C1)c1ccc(Cl)c(Br)c1. The fourth-order valence-electron chi connectivity index (χ4n) is 2.45. The smallest absolute Gasteiger partial charge is 0.306 e. The first-order valence-corrected chi connectivity index (χ1v) is 7.63. The number of rotatable bonds is 3. The number of nitrogens with one attached hydrogen (secondary N) is 1. The molecule has 1 amide bonds. The summed E-state index contributed by atoms with van der Waals surface area (Å²) in [7, 11) is 0. The summed E-state index contributed by atoms with van der Waals surface area (Å²) in [6, 6.07) is 4.89. The minimum absolute atomic E-state index is 0.0770. The van der Waals surface area contributed by atoms with Crippen molar-refractivity contribution in [1.82, 2.24) is 5.32 Å². The van der Waals surface area contributed by atoms with Crippen molar-refractivity contribution < 1.29 is 14.7 Å². The van der Waals surface area contributed by atoms with Crippen molar-refractivity contribution in [2.45, 2.75) is 31.7 Å². The molecular weight excluding hydrogens is 346 g/mol. The summed E-state index contributed by atoms with van der Waals surface area (Å²) < 4.78 is 0.666. The highest BCUT2D eigenvalue weighted by atomic mass is 79.9. The molecule has 108 valence electrons. The molecule has 0 heterocycles. The predicted molar refractivity (Wildman–Crippen MR) is 80.0 cm³/mol. The summed E-state index contributed by atoms with van der Waals surface area (Å²) in [5.74, 6) is -1.33. The Bertz CT molecular complexity index is 535. The lowest BCUT2D eigenvalue weighted by molar-refractivity contribution is -0.143. The largest absolute Gasteiger partial charge is 0.481 e. The third kappa shape index (κ3) is 3.73. The summed E-state index contributed by atoms with van der Waals surface area (Å²) in [4.78, 5) is 23.1. The van der Waals surface area contributed by atoms with Gasteiger partial charge in [-0.25, -0.2) is 0 Å². The number of carboxylic acids is 1. The van der Waals surface area contributed by atoms with Gasteiger partial charge >= 0.3 is 5.97 Å². The van der Waals surface area contributed by atoms with Gasteiger partial charge in [-0.3, -0.25) is 9.59 Å². The number of carbonyl (C=O) groups excluding carboxylic acids is 1. The predicted octanol–water partition coefficient (Wildman–Crippen LogP) is 3.48. The summed E-state index contributed by atoms with van der Waals surface area (Å²) >= 11 is 9.17. The van der Waals surface area contributed by atoms with Crippen LogP contribution < -0.4 is 5.32 Å². The Balaban J connectivity index is 2.00. The molecule has 0 spiro atoms. The van der Waals surface area contributed by atoms with E-state index in [1.54, 1.807) is 18.2 Å². The molecule has 0 bridgehead atoms. The molecule has 1 aromatic carbocycles. The van der Waals surface area contributed by atoms with Gasteiger partial charge in [0.05, 0.1) is 10.9 Å². The average Bonchev–Trinajstić information content (AvgIpc) is 2.42. The average molecular weight is 361 g/mol. The molecule has 0 aliphatic heterocycles. The summed E-state index contributed by atoms with van der Waals surface area (Å²) in [6.45, 7) is 0. The van der Waals surface area contributed by atoms with Gasteiger partial charge < -0.3 is 10.4 Å². The van der Waals surface area contributed by atoms with Crippen molar-refractivity contribution >= 4 is 39.4 Å². The molecule has 2 N–H and O–H groups in total. The van der Waals surface area contributed by atoms with Crippen molar-refractivity contribution in [2.75, 3.05) is 0 Å². The zero-order valence-electron chi connectivity index (χ0n) is 10.7. The van der Waals surface area contributed by atoms with Crippen molar-refractivity contribution in [1.29, 1.82) is 0 Å². The number of carbonyl (C=O) groups is 2. The monoisotopic (exact) mass is 359 g/mol. The fraction of sp³-hybridized carbons (Fsp3) is 0.429. The van der Waals surface area contributed by atoms with E-state index < -0.39 is 5.97 Å². The van der Waals surface area contributed by atoms with E-state index in [9.17, 15) is 9.59 Å². The lowest BCUT2D eigenvalue weighted by Gasteiger charge is -2.27. The zero-order valence-corrected chi connectivity index (χ0v) is 13.1. The maximum atomic E-state index is 12.1. The first-order chi connectivity index (χ1) is 9.47. The van der Waals surface area contributed by atoms with E-state index in [-0.39, 0.29) is 17.9 Å². The molecule has 0 saturated heterocycles. The van der Waals surface area contributed by atoms with Crippen molar-refractivity contribution in [3.63, 3.8) is 0 Å². The Labute approximate surface area is 130 Å². The highest BCUT2D eigenvalue weighted by Crippen LogP contribution is 2.26. The Hall–Kier alpha value is -1.07. The van der Waals surface area contributed by atoms with Crippen LogP contribution in [0.5, 0.6) is 0 Å². The molecule has 1 aliphatic carbocycles. The highest BCUT2D eigenvalue weighted by molar-refractivity contribution is 9.10. The second-order valence-electron chi connectivity index (χ2n) is 5.00. The fourth-order valence-corrected chi connectivity index (χ4v) is 2.95. The minimum Gasteiger partial charge on any atom is -0.481 e. The molecule has 0 aromatic heterocycles. The quantitative estimate of drug-likeness (QED) is 0.867. The maximum absolute atomic E-state index is 12.1. The van der Waals surface area contributed by atoms with Gasteiger partial charge in [0.1, 0.15) is 0 Å². The Morgan fingerprint density at radius 3 is 2.75 bits per heavy atom. The van der Waals surface area contributed by atoms with Crippen LogP contribution in [0, 0.1) is 5.92 Å². The molecule has 2 atom stereocenters. The van der Waals surface area contributed by atoms with Crippen LogP contribution in [0.15, 0.2) is 22.7 Å². The van der Waals surface area contributed by atoms with Gasteiger partial charge in [0.25, 0.3) is 5.91 Å². The van der Waals surface area contributed by atoms with Gasteiger partial charge in [0.2, 0.25) is 0 Å². The molecule has 2 rings (SSSR count). The second kappa shape index (κ2) is 6.59. The number of hydrogen-bond acceptors (Lipinski definition) is 2. The second-order valence-corrected chi connectivity index (χ2v) is 6.26. The van der Waals surface area contributed by atoms with Gasteiger partial charge in [0.15, 0.2) is 0 Å². The van der Waals surface area contributed by atoms with E-state index in [2.05, 4.69) is 21.2 Å². The Morgan fingerprint density at radius 2 is 2.10 bits per heavy atom. The Kier molecular flexibility index (Phi) is 5.05. The zero-order chi connectivity index (χ0) is 14.7. The summed E-state index contributed by atoms with van der Waals surface area (Å²) in [6.07, 6.45) is 2.83. The third-order valence-electron chi connectivity index (χ3n) is 3.54. The lowest BCUT2D eigenvalue weighted by Crippen LogP contribution is -2.39. The van der Waals surface area contributed by atoms with Gasteiger partial charge in [-0.1, -0.05) is 18.0 Å². The number of halogens is 2. The molecule has 2 unspecified atom stereocenters. The van der Waals surface area contributed by atoms with Crippen LogP contribution in [0.3, 0.4) is 0 Å². The number of hydrogen-bond donors (Lipinski definition) is 2. The highest BCUT2D eigenvalue weighted by Gasteiger charge is 2.28. The number of amides is 1. The van der Waals surface area contributed by atoms with E-state index in [4.69, 9.17) is 16.7 Å². The minimum atomic E-state index is -0.779. The van der Waals surface area contributed by atoms with Crippen molar-refractivity contribution in [3.8, 4) is 0 Å². The van der Waals surface area contributed by atoms with Gasteiger partial charge in [0, 0.05) is 16.1 Å². The molecule has 1 aromatic rings. The van der Waals surface area contributed by atoms with Crippen LogP contribution in [-0.2, 0) is 4.79 Å². The summed E-state index contributed by atoms with van der Waals surface area (Å²) in [5.41, 5.74) is 0.513. The first kappa shape index (κ1) is 15.3. The topological polar surface area (TPSA) is 66.4 Å². The molecule has 4 nitrogen and oxygen atoms in total. The van der Waals surface area contributed by atoms with Crippen LogP contribution in [0.4, 0.5) is 0 Å². The van der Waals surface area contributed by atoms with Crippen LogP contribution in [-0.4, -0.2) is 23.0 Å². The Morgan fingerprint density at radius 1 is 1.35 bits per heavy atom. The molecule has 20 heavy (non-hydrogen) atoms. The van der Waals surface area contributed by atoms with E-state index in [1.807, 2.05) is 0 Å². The third-order valence-corrected chi connectivity index (χ3v) is 4.75. The molecular formula is C14H15BrClNO3. The van der Waals surface area contributed by atoms with E-state index >= 15 is 0 Å². The lowest BCUT2D eigenvalue weighted by atomic mass is 9.85. The van der Waals surface area contributed by atoms with Crippen LogP contribution >= 0.6 is 27.5 Å². The van der Waals surface area contributed by atoms with Crippen LogP contribution in [0.1, 0.15) is 36.0 Å². The van der Waals surface area contributed by atoms with E-state index in [1.165, 1.54) is 0 Å². The molecule has 1 saturated carbocycles. The van der Waals surface area contributed by atoms with Gasteiger partial charge in [-0.15, -0.1) is 0 Å². The summed E-state index contributed by atoms with van der Waals surface area (Å²) in [5, 5.41) is 12.5. The molecule has 6 heteroatoms. The maximum Gasteiger partial charge on any atom is 0.306 e. The van der Waals surface area contributed by atoms with Crippen molar-refractivity contribution in [3.05, 3.63) is 33.3 Å². The van der Waals surface area contributed by atoms with Crippen LogP contribution in [0.2, 0.25) is 5.02 Å². The molecule has 1 aliphatic rings. The van der Waals surface area contributed by atoms with Crippen LogP contribution in [0.25, 0.3) is 0 Å². The number of benzene rings is 1. The standard InChI is InChI=1S/C14H15BrClNO3/c15-11-7-8(4-5-12(11)16)13(18)17-10-3-1-2-9(6-10)14(19)20/h4-5,7,9-10H,1-3,6H2,(H,17,18)(H,19,20). The normalized spacial score (nSPS) is 22.3. The van der Waals surface area contributed by atoms with Gasteiger partial charge in [-0.2, -0.15) is 0 Å². The van der Waals surface area contributed by atoms with Gasteiger partial charge in [-0.05, 0) is 53.4 Å². The molecule has 1 fully saturated rings. The van der Waals surface area contributed by atoms with E-state index in [0.29, 0.717) is 27.9 Å². The van der Waals surface area contributed by atoms with E-state index in [0.717, 1.165) is 12.8 Å². The first-order valence-electron chi connectivity index (χ1n) is 6.46. The number of carboxylic acid groups (broad SMARTS) is 1. The number of aliphatic carboxylic acids is 1. The molecule has 0 radical (unpaired) electrons. The van der Waals surface area contributed by atoms with Crippen molar-refractivity contribution in [2.24, 2.45) is 5.92 Å².